The van der Waals surface area contributed by atoms with E-state index in [1.54, 1.807) is 0 Å². The molecule has 0 spiro atoms. The number of benzene rings is 1. The highest BCUT2D eigenvalue weighted by molar-refractivity contribution is 6.31. The normalized spacial score (nSPS) is 10.8. The number of imidazole rings is 1. The van der Waals surface area contributed by atoms with Gasteiger partial charge in [-0.2, -0.15) is 0 Å². The molecule has 1 N–H and O–H groups in total. The van der Waals surface area contributed by atoms with E-state index in [1.807, 2.05) is 60.1 Å². The molecule has 3 nitrogen and oxygen atoms in total. The van der Waals surface area contributed by atoms with Crippen LogP contribution in [0.4, 0.5) is 5.69 Å². The van der Waals surface area contributed by atoms with Crippen LogP contribution in [0.3, 0.4) is 0 Å². The smallest absolute Gasteiger partial charge is 0.137 e. The highest BCUT2D eigenvalue weighted by Gasteiger charge is 2.04. The van der Waals surface area contributed by atoms with Crippen LogP contribution in [0.15, 0.2) is 48.8 Å². The van der Waals surface area contributed by atoms with Crippen molar-refractivity contribution >= 4 is 22.9 Å². The molecule has 96 valence electrons. The van der Waals surface area contributed by atoms with Crippen molar-refractivity contribution in [3.05, 3.63) is 65.1 Å². The number of aromatic nitrogens is 2. The van der Waals surface area contributed by atoms with Gasteiger partial charge in [0, 0.05) is 23.1 Å². The molecule has 4 heteroatoms. The molecule has 0 aliphatic rings. The second-order valence-electron chi connectivity index (χ2n) is 4.46. The fraction of sp³-hybridized carbons (Fsp3) is 0.133. The maximum absolute atomic E-state index is 6.10. The third-order valence-electron chi connectivity index (χ3n) is 3.14. The Morgan fingerprint density at radius 3 is 2.95 bits per heavy atom. The Morgan fingerprint density at radius 1 is 1.21 bits per heavy atom. The molecular weight excluding hydrogens is 258 g/mol. The minimum absolute atomic E-state index is 0.683. The number of hydrogen-bond acceptors (Lipinski definition) is 2. The van der Waals surface area contributed by atoms with Crippen molar-refractivity contribution in [1.82, 2.24) is 9.38 Å². The highest BCUT2D eigenvalue weighted by atomic mass is 35.5. The van der Waals surface area contributed by atoms with E-state index in [-0.39, 0.29) is 0 Å². The van der Waals surface area contributed by atoms with Gasteiger partial charge in [-0.25, -0.2) is 4.98 Å². The van der Waals surface area contributed by atoms with Crippen molar-refractivity contribution < 1.29 is 0 Å². The minimum Gasteiger partial charge on any atom is -0.379 e. The Balaban J connectivity index is 1.80. The Morgan fingerprint density at radius 2 is 2.11 bits per heavy atom. The summed E-state index contributed by atoms with van der Waals surface area (Å²) < 4.78 is 2.02. The molecule has 0 aliphatic carbocycles. The monoisotopic (exact) mass is 271 g/mol. The van der Waals surface area contributed by atoms with Gasteiger partial charge < -0.3 is 9.72 Å². The molecule has 0 unspecified atom stereocenters. The van der Waals surface area contributed by atoms with E-state index < -0.39 is 0 Å². The van der Waals surface area contributed by atoms with Crippen molar-refractivity contribution in [3.8, 4) is 0 Å². The second kappa shape index (κ2) is 4.94. The molecular formula is C15H14ClN3. The second-order valence-corrected chi connectivity index (χ2v) is 4.87. The molecule has 0 saturated carbocycles. The van der Waals surface area contributed by atoms with Crippen LogP contribution in [-0.4, -0.2) is 9.38 Å². The maximum atomic E-state index is 6.10. The van der Waals surface area contributed by atoms with Crippen LogP contribution >= 0.6 is 11.6 Å². The fourth-order valence-electron chi connectivity index (χ4n) is 2.06. The fourth-order valence-corrected chi connectivity index (χ4v) is 2.23. The van der Waals surface area contributed by atoms with Gasteiger partial charge in [0.2, 0.25) is 0 Å². The first-order valence-electron chi connectivity index (χ1n) is 6.15. The first kappa shape index (κ1) is 12.1. The van der Waals surface area contributed by atoms with E-state index in [1.165, 1.54) is 0 Å². The average Bonchev–Trinajstić information content (AvgIpc) is 2.83. The maximum Gasteiger partial charge on any atom is 0.137 e. The van der Waals surface area contributed by atoms with Crippen LogP contribution < -0.4 is 5.32 Å². The molecule has 2 aromatic heterocycles. The summed E-state index contributed by atoms with van der Waals surface area (Å²) in [6, 6.07) is 11.8. The average molecular weight is 272 g/mol. The van der Waals surface area contributed by atoms with Crippen LogP contribution in [0.1, 0.15) is 11.3 Å². The molecule has 19 heavy (non-hydrogen) atoms. The van der Waals surface area contributed by atoms with Crippen LogP contribution in [0.5, 0.6) is 0 Å². The molecule has 0 saturated heterocycles. The molecule has 0 aliphatic heterocycles. The lowest BCUT2D eigenvalue weighted by Gasteiger charge is -2.08. The van der Waals surface area contributed by atoms with Crippen molar-refractivity contribution in [2.24, 2.45) is 0 Å². The quantitative estimate of drug-likeness (QED) is 0.783. The van der Waals surface area contributed by atoms with Gasteiger partial charge in [-0.15, -0.1) is 0 Å². The van der Waals surface area contributed by atoms with Gasteiger partial charge in [-0.1, -0.05) is 23.7 Å². The molecule has 3 rings (SSSR count). The summed E-state index contributed by atoms with van der Waals surface area (Å²) in [7, 11) is 0. The Hall–Kier alpha value is -2.00. The molecule has 0 fully saturated rings. The summed E-state index contributed by atoms with van der Waals surface area (Å²) in [5.41, 5.74) is 4.07. The number of anilines is 1. The van der Waals surface area contributed by atoms with Crippen LogP contribution in [0.25, 0.3) is 5.65 Å². The van der Waals surface area contributed by atoms with E-state index in [9.17, 15) is 0 Å². The third kappa shape index (κ3) is 2.42. The number of pyridine rings is 1. The van der Waals surface area contributed by atoms with Gasteiger partial charge in [0.25, 0.3) is 0 Å². The number of fused-ring (bicyclic) bond motifs is 1. The van der Waals surface area contributed by atoms with Crippen LogP contribution in [-0.2, 0) is 6.54 Å². The molecule has 0 amide bonds. The third-order valence-corrected chi connectivity index (χ3v) is 3.55. The number of halogens is 1. The van der Waals surface area contributed by atoms with E-state index >= 15 is 0 Å². The summed E-state index contributed by atoms with van der Waals surface area (Å²) >= 11 is 6.10. The predicted octanol–water partition coefficient (Wildman–Crippen LogP) is 3.91. The largest absolute Gasteiger partial charge is 0.379 e. The minimum atomic E-state index is 0.683. The standard InChI is InChI=1S/C15H14ClN3/c1-11-13(16)5-4-6-14(11)17-9-12-10-19-8-3-2-7-15(19)18-12/h2-8,10,17H,9H2,1H3. The topological polar surface area (TPSA) is 29.3 Å². The van der Waals surface area contributed by atoms with Crippen molar-refractivity contribution in [1.29, 1.82) is 0 Å². The Kier molecular flexibility index (Phi) is 3.13. The zero-order valence-electron chi connectivity index (χ0n) is 10.6. The van der Waals surface area contributed by atoms with Gasteiger partial charge in [-0.05, 0) is 36.8 Å². The number of rotatable bonds is 3. The summed E-state index contributed by atoms with van der Waals surface area (Å²) in [6.45, 7) is 2.69. The Labute approximate surface area is 116 Å². The van der Waals surface area contributed by atoms with Crippen LogP contribution in [0.2, 0.25) is 5.02 Å². The summed E-state index contributed by atoms with van der Waals surface area (Å²) in [5, 5.41) is 4.15. The lowest BCUT2D eigenvalue weighted by molar-refractivity contribution is 1.07. The zero-order chi connectivity index (χ0) is 13.2. The highest BCUT2D eigenvalue weighted by Crippen LogP contribution is 2.23. The summed E-state index contributed by atoms with van der Waals surface area (Å²) in [5.74, 6) is 0. The van der Waals surface area contributed by atoms with E-state index in [0.717, 1.165) is 27.6 Å². The molecule has 0 atom stereocenters. The SMILES string of the molecule is Cc1c(Cl)cccc1NCc1cn2ccccc2n1. The first-order valence-corrected chi connectivity index (χ1v) is 6.53. The lowest BCUT2D eigenvalue weighted by atomic mass is 10.2. The lowest BCUT2D eigenvalue weighted by Crippen LogP contribution is -2.01. The van der Waals surface area contributed by atoms with Gasteiger partial charge >= 0.3 is 0 Å². The van der Waals surface area contributed by atoms with Crippen LogP contribution in [0, 0.1) is 6.92 Å². The van der Waals surface area contributed by atoms with E-state index in [0.29, 0.717) is 6.54 Å². The van der Waals surface area contributed by atoms with Gasteiger partial charge in [-0.3, -0.25) is 0 Å². The molecule has 1 aromatic carbocycles. The number of nitrogens with one attached hydrogen (secondary N) is 1. The summed E-state index contributed by atoms with van der Waals surface area (Å²) in [6.07, 6.45) is 4.03. The van der Waals surface area contributed by atoms with Crippen molar-refractivity contribution in [2.45, 2.75) is 13.5 Å². The Bertz CT molecular complexity index is 685. The first-order chi connectivity index (χ1) is 9.24. The molecule has 0 bridgehead atoms. The predicted molar refractivity (Wildman–Crippen MR) is 78.7 cm³/mol. The van der Waals surface area contributed by atoms with E-state index in [2.05, 4.69) is 10.3 Å². The van der Waals surface area contributed by atoms with Crippen molar-refractivity contribution in [3.63, 3.8) is 0 Å². The van der Waals surface area contributed by atoms with Crippen molar-refractivity contribution in [2.75, 3.05) is 5.32 Å². The van der Waals surface area contributed by atoms with Gasteiger partial charge in [0.15, 0.2) is 0 Å². The number of hydrogen-bond donors (Lipinski definition) is 1. The molecule has 0 radical (unpaired) electrons. The van der Waals surface area contributed by atoms with Gasteiger partial charge in [0.1, 0.15) is 5.65 Å². The molecule has 3 aromatic rings. The zero-order valence-corrected chi connectivity index (χ0v) is 11.4. The van der Waals surface area contributed by atoms with Gasteiger partial charge in [0.05, 0.1) is 12.2 Å². The van der Waals surface area contributed by atoms with E-state index in [4.69, 9.17) is 11.6 Å². The summed E-state index contributed by atoms with van der Waals surface area (Å²) in [4.78, 5) is 4.55. The number of nitrogens with zero attached hydrogens (tertiary/aromatic N) is 2. The molecule has 2 heterocycles.